The Morgan fingerprint density at radius 1 is 1.05 bits per heavy atom. The number of rotatable bonds is 5. The maximum absolute atomic E-state index is 9.29. The van der Waals surface area contributed by atoms with E-state index in [4.69, 9.17) is 20.4 Å². The summed E-state index contributed by atoms with van der Waals surface area (Å²) in [5.41, 5.74) is 0. The van der Waals surface area contributed by atoms with Gasteiger partial charge in [0.15, 0.2) is 0 Å². The van der Waals surface area contributed by atoms with E-state index in [0.717, 1.165) is 0 Å². The molecule has 0 amide bonds. The molecule has 0 radical (unpaired) electrons. The second-order valence-electron chi connectivity index (χ2n) is 2.51. The Morgan fingerprint density at radius 3 is 1.33 bits per heavy atom. The number of ether oxygens (including phenoxy) is 1. The number of aliphatic hydroxyl groups excluding tert-OH is 2. The van der Waals surface area contributed by atoms with Crippen LogP contribution in [-0.2, 0) is 14.3 Å². The summed E-state index contributed by atoms with van der Waals surface area (Å²) in [4.78, 5) is 18.6. The lowest BCUT2D eigenvalue weighted by Crippen LogP contribution is -1.92. The summed E-state index contributed by atoms with van der Waals surface area (Å²) < 4.78 is 4.36. The van der Waals surface area contributed by atoms with E-state index >= 15 is 0 Å². The Morgan fingerprint density at radius 2 is 1.33 bits per heavy atom. The van der Waals surface area contributed by atoms with Gasteiger partial charge < -0.3 is 25.2 Å². The van der Waals surface area contributed by atoms with Gasteiger partial charge in [-0.15, -0.1) is 0 Å². The summed E-state index contributed by atoms with van der Waals surface area (Å²) in [6, 6.07) is 0. The van der Waals surface area contributed by atoms with Crippen molar-refractivity contribution in [1.82, 2.24) is 0 Å². The second-order valence-corrected chi connectivity index (χ2v) is 3.14. The number of thiol groups is 2. The van der Waals surface area contributed by atoms with Crippen LogP contribution in [0, 0.1) is 0 Å². The minimum Gasteiger partial charge on any atom is -0.510 e. The first kappa shape index (κ1) is 27.7. The molecule has 0 bridgehead atoms. The molecule has 9 heteroatoms. The van der Waals surface area contributed by atoms with Crippen LogP contribution in [0.4, 0.5) is 0 Å². The lowest BCUT2D eigenvalue weighted by molar-refractivity contribution is -0.134. The molecule has 0 saturated heterocycles. The Bertz CT molecular complexity index is 284. The van der Waals surface area contributed by atoms with Crippen LogP contribution in [0.25, 0.3) is 0 Å². The molecular formula is C12H22O7S2. The first-order chi connectivity index (χ1) is 9.76. The highest BCUT2D eigenvalue weighted by molar-refractivity contribution is 7.81. The highest BCUT2D eigenvalue weighted by atomic mass is 32.1. The molecule has 0 aliphatic heterocycles. The zero-order valence-electron chi connectivity index (χ0n) is 11.7. The SMILES string of the molecule is C=COC=C.CC=C(O)CO.O=C(O)CS.O=C(O)CS. The smallest absolute Gasteiger partial charge is 0.313 e. The molecule has 7 nitrogen and oxygen atoms in total. The molecule has 0 unspecified atom stereocenters. The van der Waals surface area contributed by atoms with Crippen LogP contribution in [0.15, 0.2) is 37.5 Å². The number of carboxylic acids is 2. The predicted molar refractivity (Wildman–Crippen MR) is 87.9 cm³/mol. The van der Waals surface area contributed by atoms with Gasteiger partial charge in [-0.3, -0.25) is 9.59 Å². The van der Waals surface area contributed by atoms with E-state index in [1.54, 1.807) is 6.92 Å². The van der Waals surface area contributed by atoms with Crippen LogP contribution < -0.4 is 0 Å². The van der Waals surface area contributed by atoms with Crippen LogP contribution in [0.5, 0.6) is 0 Å². The van der Waals surface area contributed by atoms with Gasteiger partial charge in [-0.2, -0.15) is 25.3 Å². The lowest BCUT2D eigenvalue weighted by Gasteiger charge is -1.84. The van der Waals surface area contributed by atoms with E-state index in [2.05, 4.69) is 43.2 Å². The van der Waals surface area contributed by atoms with E-state index in [-0.39, 0.29) is 23.9 Å². The summed E-state index contributed by atoms with van der Waals surface area (Å²) >= 11 is 6.83. The van der Waals surface area contributed by atoms with Crippen LogP contribution in [0.1, 0.15) is 6.92 Å². The number of carboxylic acid groups (broad SMARTS) is 2. The zero-order chi connectivity index (χ0) is 17.7. The van der Waals surface area contributed by atoms with E-state index in [9.17, 15) is 9.59 Å². The van der Waals surface area contributed by atoms with Gasteiger partial charge in [-0.1, -0.05) is 13.2 Å². The Hall–Kier alpha value is -1.58. The zero-order valence-corrected chi connectivity index (χ0v) is 13.5. The van der Waals surface area contributed by atoms with Gasteiger partial charge in [0.05, 0.1) is 30.6 Å². The fourth-order valence-electron chi connectivity index (χ4n) is 0.159. The number of hydrogen-bond donors (Lipinski definition) is 6. The molecule has 0 atom stereocenters. The molecule has 0 heterocycles. The first-order valence-corrected chi connectivity index (χ1v) is 6.51. The average Bonchev–Trinajstić information content (AvgIpc) is 2.48. The number of allylic oxidation sites excluding steroid dienone is 1. The fraction of sp³-hybridized carbons (Fsp3) is 0.333. The summed E-state index contributed by atoms with van der Waals surface area (Å²) in [7, 11) is 0. The van der Waals surface area contributed by atoms with Crippen LogP contribution in [0.3, 0.4) is 0 Å². The second kappa shape index (κ2) is 26.9. The molecule has 0 aliphatic rings. The first-order valence-electron chi connectivity index (χ1n) is 5.24. The van der Waals surface area contributed by atoms with Gasteiger partial charge in [0, 0.05) is 0 Å². The third-order valence-corrected chi connectivity index (χ3v) is 1.50. The van der Waals surface area contributed by atoms with E-state index in [1.807, 2.05) is 0 Å². The third-order valence-electron chi connectivity index (χ3n) is 0.958. The van der Waals surface area contributed by atoms with Crippen molar-refractivity contribution in [3.63, 3.8) is 0 Å². The third kappa shape index (κ3) is 70.1. The fourth-order valence-corrected chi connectivity index (χ4v) is 0.159. The van der Waals surface area contributed by atoms with Gasteiger partial charge in [-0.05, 0) is 13.0 Å². The van der Waals surface area contributed by atoms with Crippen molar-refractivity contribution in [1.29, 1.82) is 0 Å². The van der Waals surface area contributed by atoms with Crippen molar-refractivity contribution in [2.24, 2.45) is 0 Å². The number of aliphatic hydroxyl groups is 2. The van der Waals surface area contributed by atoms with Crippen LogP contribution in [0.2, 0.25) is 0 Å². The molecule has 0 aromatic carbocycles. The van der Waals surface area contributed by atoms with E-state index in [1.165, 1.54) is 18.6 Å². The molecule has 0 spiro atoms. The van der Waals surface area contributed by atoms with Crippen molar-refractivity contribution in [3.8, 4) is 0 Å². The Kier molecular flexibility index (Phi) is 35.5. The summed E-state index contributed by atoms with van der Waals surface area (Å²) in [5, 5.41) is 31.6. The van der Waals surface area contributed by atoms with Crippen molar-refractivity contribution < 1.29 is 34.8 Å². The predicted octanol–water partition coefficient (Wildman–Crippen LogP) is 1.73. The standard InChI is InChI=1S/C4H8O2.C4H6O.2C2H4O2S/c1-2-4(6)3-5;1-3-5-4-2;2*3-2(4)1-5/h2,5-6H,3H2,1H3;3-4H,1-2H2;2*5H,1H2,(H,3,4). The molecule has 0 rings (SSSR count). The average molecular weight is 342 g/mol. The largest absolute Gasteiger partial charge is 0.510 e. The molecule has 0 aromatic heterocycles. The van der Waals surface area contributed by atoms with E-state index < -0.39 is 11.9 Å². The summed E-state index contributed by atoms with van der Waals surface area (Å²) in [6.07, 6.45) is 4.07. The number of carbonyl (C=O) groups is 2. The van der Waals surface area contributed by atoms with Gasteiger partial charge in [-0.25, -0.2) is 0 Å². The van der Waals surface area contributed by atoms with Gasteiger partial charge in [0.25, 0.3) is 0 Å². The molecule has 0 saturated carbocycles. The summed E-state index contributed by atoms with van der Waals surface area (Å²) in [5.74, 6) is -1.91. The van der Waals surface area contributed by atoms with Crippen molar-refractivity contribution in [2.45, 2.75) is 6.92 Å². The molecular weight excluding hydrogens is 320 g/mol. The maximum atomic E-state index is 9.29. The van der Waals surface area contributed by atoms with Crippen molar-refractivity contribution in [3.05, 3.63) is 37.5 Å². The van der Waals surface area contributed by atoms with E-state index in [0.29, 0.717) is 0 Å². The maximum Gasteiger partial charge on any atom is 0.313 e. The molecule has 0 aromatic rings. The van der Waals surface area contributed by atoms with Gasteiger partial charge in [0.2, 0.25) is 0 Å². The lowest BCUT2D eigenvalue weighted by atomic mass is 10.5. The highest BCUT2D eigenvalue weighted by Gasteiger charge is 1.82. The molecule has 0 aliphatic carbocycles. The molecule has 4 N–H and O–H groups in total. The monoisotopic (exact) mass is 342 g/mol. The summed E-state index contributed by atoms with van der Waals surface area (Å²) in [6.45, 7) is 7.92. The number of aliphatic carboxylic acids is 2. The van der Waals surface area contributed by atoms with Crippen molar-refractivity contribution in [2.75, 3.05) is 18.1 Å². The van der Waals surface area contributed by atoms with Gasteiger partial charge >= 0.3 is 11.9 Å². The van der Waals surface area contributed by atoms with Gasteiger partial charge in [0.1, 0.15) is 5.76 Å². The Balaban J connectivity index is -0.0000000921. The topological polar surface area (TPSA) is 124 Å². The minimum absolute atomic E-state index is 0.0231. The van der Waals surface area contributed by atoms with Crippen LogP contribution >= 0.6 is 25.3 Å². The minimum atomic E-state index is -0.881. The number of hydrogen-bond acceptors (Lipinski definition) is 7. The normalized spacial score (nSPS) is 8.29. The van der Waals surface area contributed by atoms with Crippen molar-refractivity contribution >= 4 is 37.2 Å². The molecule has 21 heavy (non-hydrogen) atoms. The Labute approximate surface area is 135 Å². The quantitative estimate of drug-likeness (QED) is 0.332. The van der Waals surface area contributed by atoms with Crippen LogP contribution in [-0.4, -0.2) is 50.5 Å². The molecule has 0 fully saturated rings. The molecule has 124 valence electrons. The highest BCUT2D eigenvalue weighted by Crippen LogP contribution is 1.79.